The summed E-state index contributed by atoms with van der Waals surface area (Å²) < 4.78 is 1.50. The van der Waals surface area contributed by atoms with Crippen molar-refractivity contribution in [3.63, 3.8) is 0 Å². The number of aromatic amines is 1. The summed E-state index contributed by atoms with van der Waals surface area (Å²) in [5.41, 5.74) is 1.45. The summed E-state index contributed by atoms with van der Waals surface area (Å²) in [5, 5.41) is 10.0. The molecule has 2 aliphatic heterocycles. The third kappa shape index (κ3) is 3.07. The third-order valence-corrected chi connectivity index (χ3v) is 8.44. The van der Waals surface area contributed by atoms with E-state index in [1.165, 1.54) is 28.0 Å². The summed E-state index contributed by atoms with van der Waals surface area (Å²) in [6, 6.07) is 14.0. The first kappa shape index (κ1) is 19.0. The maximum atomic E-state index is 13.5. The van der Waals surface area contributed by atoms with E-state index >= 15 is 0 Å². The summed E-state index contributed by atoms with van der Waals surface area (Å²) in [6.45, 7) is 0. The Kier molecular flexibility index (Phi) is 4.65. The number of anilines is 1. The number of nitrogens with one attached hydrogen (secondary N) is 1. The zero-order valence-corrected chi connectivity index (χ0v) is 18.7. The number of carbonyl (C=O) groups is 2. The minimum absolute atomic E-state index is 0.155. The van der Waals surface area contributed by atoms with Gasteiger partial charge in [0.05, 0.1) is 16.6 Å². The lowest BCUT2D eigenvalue weighted by Gasteiger charge is -2.29. The van der Waals surface area contributed by atoms with Crippen molar-refractivity contribution in [2.75, 3.05) is 4.90 Å². The number of imide groups is 1. The highest BCUT2D eigenvalue weighted by atomic mass is 79.9. The van der Waals surface area contributed by atoms with E-state index in [2.05, 4.69) is 20.9 Å². The summed E-state index contributed by atoms with van der Waals surface area (Å²) >= 11 is 11.5. The number of aromatic hydroxyl groups is 1. The fraction of sp³-hybridized carbons (Fsp3) is 0.150. The highest BCUT2D eigenvalue weighted by Crippen LogP contribution is 2.54. The van der Waals surface area contributed by atoms with E-state index < -0.39 is 11.2 Å². The molecule has 1 fully saturated rings. The maximum Gasteiger partial charge on any atom is 0.248 e. The predicted octanol–water partition coefficient (Wildman–Crippen LogP) is 5.07. The second-order valence-corrected chi connectivity index (χ2v) is 10.6. The van der Waals surface area contributed by atoms with Crippen molar-refractivity contribution in [1.82, 2.24) is 4.98 Å². The number of carbonyl (C=O) groups excluding carboxylic acids is 2. The largest absolute Gasteiger partial charge is 0.508 e. The lowest BCUT2D eigenvalue weighted by molar-refractivity contribution is -0.122. The minimum Gasteiger partial charge on any atom is -0.508 e. The van der Waals surface area contributed by atoms with E-state index in [-0.39, 0.29) is 23.5 Å². The number of H-pyrrole nitrogens is 1. The summed E-state index contributed by atoms with van der Waals surface area (Å²) in [4.78, 5) is 32.2. The van der Waals surface area contributed by atoms with Gasteiger partial charge in [-0.05, 0) is 54.2 Å². The standard InChI is InChI=1S/C20H13BrN2O3S3/c21-10-3-5-11(6-4-10)23-18(25)14-13(9-1-7-12(24)8-2-9)15-17(22-20(27)29-15)28-16(14)19(23)26/h1-8,13-14,16,24H,(H,22,27)/t13-,14+,16-/m0/s1. The maximum absolute atomic E-state index is 13.5. The minimum atomic E-state index is -0.533. The molecule has 5 rings (SSSR count). The molecule has 2 amide bonds. The second kappa shape index (κ2) is 7.09. The third-order valence-electron chi connectivity index (χ3n) is 5.16. The van der Waals surface area contributed by atoms with Gasteiger partial charge in [-0.1, -0.05) is 39.8 Å². The Labute approximate surface area is 187 Å². The van der Waals surface area contributed by atoms with Crippen LogP contribution in [0, 0.1) is 9.87 Å². The van der Waals surface area contributed by atoms with Gasteiger partial charge in [0.1, 0.15) is 11.0 Å². The number of aromatic nitrogens is 1. The number of amides is 2. The molecule has 0 bridgehead atoms. The highest BCUT2D eigenvalue weighted by Gasteiger charge is 2.56. The quantitative estimate of drug-likeness (QED) is 0.376. The molecule has 3 heterocycles. The van der Waals surface area contributed by atoms with Crippen molar-refractivity contribution in [2.45, 2.75) is 16.2 Å². The molecule has 1 saturated heterocycles. The van der Waals surface area contributed by atoms with Crippen molar-refractivity contribution in [1.29, 1.82) is 0 Å². The number of hydrogen-bond acceptors (Lipinski definition) is 6. The fourth-order valence-corrected chi connectivity index (χ4v) is 7.13. The molecule has 3 atom stereocenters. The highest BCUT2D eigenvalue weighted by molar-refractivity contribution is 9.10. The topological polar surface area (TPSA) is 73.4 Å². The van der Waals surface area contributed by atoms with E-state index in [0.29, 0.717) is 9.64 Å². The van der Waals surface area contributed by atoms with Crippen LogP contribution in [0.4, 0.5) is 5.69 Å². The molecule has 3 aromatic rings. The molecule has 0 radical (unpaired) electrons. The molecule has 1 aromatic heterocycles. The Bertz CT molecular complexity index is 1190. The van der Waals surface area contributed by atoms with E-state index in [0.717, 1.165) is 19.9 Å². The molecular formula is C20H13BrN2O3S3. The summed E-state index contributed by atoms with van der Waals surface area (Å²) in [6.07, 6.45) is 0. The van der Waals surface area contributed by atoms with Crippen LogP contribution in [-0.4, -0.2) is 27.2 Å². The number of halogens is 1. The van der Waals surface area contributed by atoms with Gasteiger partial charge in [-0.15, -0.1) is 11.3 Å². The first-order chi connectivity index (χ1) is 13.9. The van der Waals surface area contributed by atoms with Crippen LogP contribution in [0.1, 0.15) is 16.4 Å². The van der Waals surface area contributed by atoms with Gasteiger partial charge in [-0.2, -0.15) is 0 Å². The Morgan fingerprint density at radius 1 is 1.03 bits per heavy atom. The predicted molar refractivity (Wildman–Crippen MR) is 119 cm³/mol. The number of thioether (sulfide) groups is 1. The number of phenolic OH excluding ortho intramolecular Hbond substituents is 1. The van der Waals surface area contributed by atoms with Gasteiger partial charge < -0.3 is 10.1 Å². The first-order valence-electron chi connectivity index (χ1n) is 8.76. The molecule has 0 saturated carbocycles. The lowest BCUT2D eigenvalue weighted by Crippen LogP contribution is -2.32. The number of nitrogens with zero attached hydrogens (tertiary/aromatic N) is 1. The van der Waals surface area contributed by atoms with Gasteiger partial charge in [-0.3, -0.25) is 9.59 Å². The van der Waals surface area contributed by atoms with Crippen LogP contribution in [0.25, 0.3) is 0 Å². The van der Waals surface area contributed by atoms with Gasteiger partial charge in [0.25, 0.3) is 0 Å². The molecule has 5 nitrogen and oxygen atoms in total. The zero-order chi connectivity index (χ0) is 20.3. The molecule has 146 valence electrons. The monoisotopic (exact) mass is 504 g/mol. The Morgan fingerprint density at radius 3 is 2.41 bits per heavy atom. The van der Waals surface area contributed by atoms with E-state index in [1.807, 2.05) is 12.1 Å². The molecule has 29 heavy (non-hydrogen) atoms. The molecule has 2 aliphatic rings. The average molecular weight is 505 g/mol. The Hall–Kier alpha value is -1.94. The molecule has 0 spiro atoms. The molecule has 2 aromatic carbocycles. The van der Waals surface area contributed by atoms with Crippen LogP contribution in [0.15, 0.2) is 58.0 Å². The van der Waals surface area contributed by atoms with Gasteiger partial charge in [0.15, 0.2) is 3.95 Å². The number of benzene rings is 2. The van der Waals surface area contributed by atoms with Crippen molar-refractivity contribution in [2.24, 2.45) is 5.92 Å². The fourth-order valence-electron chi connectivity index (χ4n) is 3.90. The van der Waals surface area contributed by atoms with Crippen LogP contribution in [0.3, 0.4) is 0 Å². The van der Waals surface area contributed by atoms with Crippen molar-refractivity contribution in [3.8, 4) is 5.75 Å². The summed E-state index contributed by atoms with van der Waals surface area (Å²) in [7, 11) is 0. The van der Waals surface area contributed by atoms with Crippen molar-refractivity contribution in [3.05, 3.63) is 67.4 Å². The number of fused-ring (bicyclic) bond motifs is 2. The van der Waals surface area contributed by atoms with Gasteiger partial charge in [0.2, 0.25) is 11.8 Å². The first-order valence-corrected chi connectivity index (χ1v) is 11.7. The van der Waals surface area contributed by atoms with Crippen LogP contribution in [0.5, 0.6) is 5.75 Å². The average Bonchev–Trinajstić information content (AvgIpc) is 3.19. The van der Waals surface area contributed by atoms with Gasteiger partial charge in [-0.25, -0.2) is 4.90 Å². The number of rotatable bonds is 2. The molecule has 9 heteroatoms. The second-order valence-electron chi connectivity index (χ2n) is 6.83. The summed E-state index contributed by atoms with van der Waals surface area (Å²) in [5.74, 6) is -1.10. The molecular weight excluding hydrogens is 492 g/mol. The molecule has 2 N–H and O–H groups in total. The molecule has 0 aliphatic carbocycles. The van der Waals surface area contributed by atoms with Crippen LogP contribution >= 0.6 is 51.2 Å². The van der Waals surface area contributed by atoms with E-state index in [4.69, 9.17) is 12.2 Å². The van der Waals surface area contributed by atoms with E-state index in [1.54, 1.807) is 36.4 Å². The van der Waals surface area contributed by atoms with Crippen LogP contribution in [-0.2, 0) is 9.59 Å². The van der Waals surface area contributed by atoms with Gasteiger partial charge in [0, 0.05) is 15.3 Å². The Balaban J connectivity index is 1.64. The number of thiazole rings is 1. The smallest absolute Gasteiger partial charge is 0.248 e. The van der Waals surface area contributed by atoms with Crippen LogP contribution < -0.4 is 4.90 Å². The van der Waals surface area contributed by atoms with E-state index in [9.17, 15) is 14.7 Å². The van der Waals surface area contributed by atoms with Crippen molar-refractivity contribution < 1.29 is 14.7 Å². The SMILES string of the molecule is O=C1[C@@H]2[C@H](c3ccc(O)cc3)c3sc(=S)[nH]c3S[C@@H]2C(=O)N1c1ccc(Br)cc1. The molecule has 0 unspecified atom stereocenters. The number of phenols is 1. The lowest BCUT2D eigenvalue weighted by atomic mass is 9.83. The zero-order valence-electron chi connectivity index (χ0n) is 14.7. The van der Waals surface area contributed by atoms with Crippen molar-refractivity contribution >= 4 is 68.7 Å². The Morgan fingerprint density at radius 2 is 1.72 bits per heavy atom. The number of hydrogen-bond donors (Lipinski definition) is 2. The van der Waals surface area contributed by atoms with Crippen LogP contribution in [0.2, 0.25) is 0 Å². The van der Waals surface area contributed by atoms with Gasteiger partial charge >= 0.3 is 0 Å². The normalized spacial score (nSPS) is 23.2.